The summed E-state index contributed by atoms with van der Waals surface area (Å²) in [5, 5.41) is 16.5. The van der Waals surface area contributed by atoms with Gasteiger partial charge in [0.2, 0.25) is 0 Å². The van der Waals surface area contributed by atoms with E-state index in [-0.39, 0.29) is 17.1 Å². The van der Waals surface area contributed by atoms with Gasteiger partial charge in [0.05, 0.1) is 6.21 Å². The van der Waals surface area contributed by atoms with E-state index in [1.54, 1.807) is 12.4 Å². The molecule has 21 heavy (non-hydrogen) atoms. The first-order chi connectivity index (χ1) is 9.81. The first-order valence-electron chi connectivity index (χ1n) is 7.12. The molecular formula is C14H18FeN5S-. The third kappa shape index (κ3) is 4.46. The monoisotopic (exact) mass is 344 g/mol. The molecule has 1 aliphatic carbocycles. The van der Waals surface area contributed by atoms with Crippen molar-refractivity contribution in [3.8, 4) is 0 Å². The average molecular weight is 344 g/mol. The Morgan fingerprint density at radius 3 is 2.48 bits per heavy atom. The average Bonchev–Trinajstić information content (AvgIpc) is 2.82. The molecule has 3 heterocycles. The molecule has 0 N–H and O–H groups in total. The van der Waals surface area contributed by atoms with Crippen LogP contribution in [0.15, 0.2) is 28.5 Å². The molecule has 4 rings (SSSR count). The molecule has 3 aliphatic rings. The molecule has 0 atom stereocenters. The molecule has 114 valence electrons. The van der Waals surface area contributed by atoms with Crippen molar-refractivity contribution in [1.82, 2.24) is 15.1 Å². The molecule has 0 spiro atoms. The number of amidine groups is 1. The van der Waals surface area contributed by atoms with Crippen molar-refractivity contribution in [3.63, 3.8) is 0 Å². The molecule has 2 bridgehead atoms. The Hall–Kier alpha value is -1.04. The second-order valence-electron chi connectivity index (χ2n) is 5.57. The fourth-order valence-electron chi connectivity index (χ4n) is 3.03. The molecule has 5 nitrogen and oxygen atoms in total. The summed E-state index contributed by atoms with van der Waals surface area (Å²) in [6.45, 7) is 2.08. The number of aromatic nitrogens is 2. The minimum atomic E-state index is 0. The van der Waals surface area contributed by atoms with Crippen molar-refractivity contribution in [2.24, 2.45) is 22.0 Å². The van der Waals surface area contributed by atoms with Crippen molar-refractivity contribution in [2.45, 2.75) is 25.7 Å². The predicted molar refractivity (Wildman–Crippen MR) is 81.4 cm³/mol. The molecule has 0 radical (unpaired) electrons. The topological polar surface area (TPSA) is 53.7 Å². The Bertz CT molecular complexity index is 485. The first kappa shape index (κ1) is 16.3. The molecule has 1 aromatic heterocycles. The van der Waals surface area contributed by atoms with Crippen LogP contribution >= 0.6 is 0 Å². The van der Waals surface area contributed by atoms with Gasteiger partial charge in [-0.2, -0.15) is 15.3 Å². The molecule has 0 aromatic carbocycles. The van der Waals surface area contributed by atoms with E-state index < -0.39 is 0 Å². The predicted octanol–water partition coefficient (Wildman–Crippen LogP) is 1.83. The minimum Gasteiger partial charge on any atom is -0.741 e. The van der Waals surface area contributed by atoms with Crippen molar-refractivity contribution < 1.29 is 17.1 Å². The molecule has 3 fully saturated rings. The largest absolute Gasteiger partial charge is 0.741 e. The maximum absolute atomic E-state index is 5.39. The van der Waals surface area contributed by atoms with Gasteiger partial charge in [-0.25, -0.2) is 0 Å². The zero-order valence-electron chi connectivity index (χ0n) is 11.7. The Balaban J connectivity index is 0.00000161. The smallest absolute Gasteiger partial charge is 0.106 e. The normalized spacial score (nSPS) is 25.7. The number of hydrogen-bond acceptors (Lipinski definition) is 5. The second-order valence-corrected chi connectivity index (χ2v) is 5.93. The van der Waals surface area contributed by atoms with E-state index in [9.17, 15) is 0 Å². The molecule has 0 amide bonds. The van der Waals surface area contributed by atoms with Gasteiger partial charge in [-0.05, 0) is 49.7 Å². The summed E-state index contributed by atoms with van der Waals surface area (Å²) in [7, 11) is 0. The quantitative estimate of drug-likeness (QED) is 0.270. The maximum Gasteiger partial charge on any atom is 0.106 e. The van der Waals surface area contributed by atoms with Crippen LogP contribution in [0.1, 0.15) is 31.4 Å². The molecule has 0 unspecified atom stereocenters. The van der Waals surface area contributed by atoms with Crippen molar-refractivity contribution in [3.05, 3.63) is 24.0 Å². The Kier molecular flexibility index (Phi) is 6.08. The van der Waals surface area contributed by atoms with Crippen LogP contribution in [0.4, 0.5) is 0 Å². The van der Waals surface area contributed by atoms with E-state index in [1.807, 2.05) is 12.1 Å². The summed E-state index contributed by atoms with van der Waals surface area (Å²) in [5.41, 5.74) is 0.690. The van der Waals surface area contributed by atoms with Gasteiger partial charge >= 0.3 is 0 Å². The summed E-state index contributed by atoms with van der Waals surface area (Å²) < 4.78 is 0. The van der Waals surface area contributed by atoms with E-state index in [0.717, 1.165) is 24.9 Å². The first-order valence-corrected chi connectivity index (χ1v) is 7.53. The van der Waals surface area contributed by atoms with Crippen molar-refractivity contribution >= 4 is 24.0 Å². The van der Waals surface area contributed by atoms with Crippen LogP contribution in [0.2, 0.25) is 0 Å². The van der Waals surface area contributed by atoms with E-state index >= 15 is 0 Å². The van der Waals surface area contributed by atoms with Gasteiger partial charge < -0.3 is 17.5 Å². The van der Waals surface area contributed by atoms with Crippen molar-refractivity contribution in [1.29, 1.82) is 0 Å². The van der Waals surface area contributed by atoms with Crippen LogP contribution in [-0.2, 0) is 29.7 Å². The summed E-state index contributed by atoms with van der Waals surface area (Å²) >= 11 is 5.39. The van der Waals surface area contributed by atoms with Crippen LogP contribution in [0, 0.1) is 11.8 Å². The number of fused-ring (bicyclic) bond motifs is 4. The van der Waals surface area contributed by atoms with Crippen LogP contribution in [-0.4, -0.2) is 39.6 Å². The van der Waals surface area contributed by atoms with Gasteiger partial charge in [0, 0.05) is 41.5 Å². The van der Waals surface area contributed by atoms with E-state index in [1.165, 1.54) is 25.7 Å². The third-order valence-corrected chi connectivity index (χ3v) is 4.46. The van der Waals surface area contributed by atoms with Gasteiger partial charge in [-0.3, -0.25) is 0 Å². The zero-order valence-corrected chi connectivity index (χ0v) is 13.6. The Morgan fingerprint density at radius 2 is 1.90 bits per heavy atom. The molecular weight excluding hydrogens is 326 g/mol. The summed E-state index contributed by atoms with van der Waals surface area (Å²) in [5.74, 6) is 1.57. The molecule has 2 aliphatic heterocycles. The number of rotatable bonds is 2. The van der Waals surface area contributed by atoms with Gasteiger partial charge in [0.1, 0.15) is 5.69 Å². The zero-order chi connectivity index (χ0) is 13.8. The van der Waals surface area contributed by atoms with Crippen LogP contribution < -0.4 is 0 Å². The molecule has 2 saturated heterocycles. The summed E-state index contributed by atoms with van der Waals surface area (Å²) in [6.07, 6.45) is 8.58. The van der Waals surface area contributed by atoms with Crippen LogP contribution in [0.3, 0.4) is 0 Å². The molecule has 1 saturated carbocycles. The SMILES string of the molecule is [Fe].[S-]/C(=N\N=C\c1cccnn1)N1CC2CCC(CC2)C1. The van der Waals surface area contributed by atoms with Gasteiger partial charge in [0.25, 0.3) is 0 Å². The van der Waals surface area contributed by atoms with Crippen molar-refractivity contribution in [2.75, 3.05) is 13.1 Å². The number of hydrogen-bond donors (Lipinski definition) is 0. The molecule has 7 heteroatoms. The third-order valence-electron chi connectivity index (χ3n) is 4.12. The minimum absolute atomic E-state index is 0. The van der Waals surface area contributed by atoms with E-state index in [4.69, 9.17) is 12.6 Å². The number of nitrogens with zero attached hydrogens (tertiary/aromatic N) is 5. The molecule has 1 aromatic rings. The van der Waals surface area contributed by atoms with Crippen LogP contribution in [0.5, 0.6) is 0 Å². The summed E-state index contributed by atoms with van der Waals surface area (Å²) in [6, 6.07) is 3.65. The van der Waals surface area contributed by atoms with E-state index in [0.29, 0.717) is 10.9 Å². The second kappa shape index (κ2) is 7.82. The summed E-state index contributed by atoms with van der Waals surface area (Å²) in [4.78, 5) is 2.22. The Morgan fingerprint density at radius 1 is 1.24 bits per heavy atom. The fraction of sp³-hybridized carbons (Fsp3) is 0.571. The van der Waals surface area contributed by atoms with Gasteiger partial charge in [-0.15, -0.1) is 5.10 Å². The fourth-order valence-corrected chi connectivity index (χ4v) is 3.23. The standard InChI is InChI=1S/C14H19N5S.Fe/c20-14(18-16-8-13-2-1-7-15-17-13)19-9-11-3-4-12(10-19)6-5-11;/h1-2,7-8,11-12H,3-6,9-10H2,(H,18,20);/p-1/b16-8+;. The van der Waals surface area contributed by atoms with Gasteiger partial charge in [0.15, 0.2) is 0 Å². The van der Waals surface area contributed by atoms with Gasteiger partial charge in [-0.1, -0.05) is 0 Å². The van der Waals surface area contributed by atoms with E-state index in [2.05, 4.69) is 25.3 Å². The Labute approximate surface area is 141 Å². The maximum atomic E-state index is 5.39. The van der Waals surface area contributed by atoms with Crippen LogP contribution in [0.25, 0.3) is 0 Å².